The number of amides is 2. The Kier molecular flexibility index (Phi) is 6.49. The van der Waals surface area contributed by atoms with E-state index < -0.39 is 0 Å². The van der Waals surface area contributed by atoms with Crippen LogP contribution in [0.3, 0.4) is 0 Å². The van der Waals surface area contributed by atoms with Crippen molar-refractivity contribution in [2.24, 2.45) is 5.92 Å². The van der Waals surface area contributed by atoms with E-state index in [1.54, 1.807) is 0 Å². The molecule has 2 amide bonds. The van der Waals surface area contributed by atoms with Crippen molar-refractivity contribution in [1.29, 1.82) is 0 Å². The minimum Gasteiger partial charge on any atom is -0.335 e. The molecule has 1 heterocycles. The number of nitrogens with zero attached hydrogens (tertiary/aromatic N) is 2. The Morgan fingerprint density at radius 1 is 1.25 bits per heavy atom. The summed E-state index contributed by atoms with van der Waals surface area (Å²) in [6.07, 6.45) is 7.52. The SMILES string of the molecule is CC(C)CN(C(=O)NC(C)C1(C)CC=Cc2ccccc21)C1CCN(C)CC1. The Hall–Kier alpha value is -1.81. The maximum atomic E-state index is 13.3. The normalized spacial score (nSPS) is 24.1. The highest BCUT2D eigenvalue weighted by atomic mass is 16.2. The predicted octanol–water partition coefficient (Wildman–Crippen LogP) is 4.51. The highest BCUT2D eigenvalue weighted by molar-refractivity contribution is 5.75. The quantitative estimate of drug-likeness (QED) is 0.812. The van der Waals surface area contributed by atoms with Crippen LogP contribution in [0.2, 0.25) is 0 Å². The van der Waals surface area contributed by atoms with Gasteiger partial charge in [0.15, 0.2) is 0 Å². The fourth-order valence-corrected chi connectivity index (χ4v) is 4.64. The van der Waals surface area contributed by atoms with Gasteiger partial charge >= 0.3 is 6.03 Å². The number of fused-ring (bicyclic) bond motifs is 1. The van der Waals surface area contributed by atoms with Crippen LogP contribution in [-0.2, 0) is 5.41 Å². The van der Waals surface area contributed by atoms with Gasteiger partial charge in [-0.05, 0) is 63.4 Å². The maximum Gasteiger partial charge on any atom is 0.317 e. The van der Waals surface area contributed by atoms with Crippen molar-refractivity contribution >= 4 is 12.1 Å². The van der Waals surface area contributed by atoms with E-state index in [-0.39, 0.29) is 17.5 Å². The summed E-state index contributed by atoms with van der Waals surface area (Å²) in [5.41, 5.74) is 2.52. The highest BCUT2D eigenvalue weighted by Crippen LogP contribution is 2.38. The Balaban J connectivity index is 1.75. The number of likely N-dealkylation sites (tertiary alicyclic amines) is 1. The highest BCUT2D eigenvalue weighted by Gasteiger charge is 2.37. The van der Waals surface area contributed by atoms with Crippen molar-refractivity contribution in [3.05, 3.63) is 41.5 Å². The van der Waals surface area contributed by atoms with E-state index in [0.717, 1.165) is 38.9 Å². The van der Waals surface area contributed by atoms with Gasteiger partial charge < -0.3 is 15.1 Å². The van der Waals surface area contributed by atoms with Crippen molar-refractivity contribution < 1.29 is 4.79 Å². The van der Waals surface area contributed by atoms with Gasteiger partial charge in [0.25, 0.3) is 0 Å². The number of urea groups is 1. The first kappa shape index (κ1) is 20.9. The van der Waals surface area contributed by atoms with Gasteiger partial charge in [-0.1, -0.05) is 57.2 Å². The van der Waals surface area contributed by atoms with Crippen LogP contribution in [-0.4, -0.2) is 54.6 Å². The molecule has 2 unspecified atom stereocenters. The average molecular weight is 384 g/mol. The van der Waals surface area contributed by atoms with E-state index in [2.05, 4.69) is 86.3 Å². The van der Waals surface area contributed by atoms with Crippen LogP contribution >= 0.6 is 0 Å². The van der Waals surface area contributed by atoms with Gasteiger partial charge in [-0.25, -0.2) is 4.79 Å². The maximum absolute atomic E-state index is 13.3. The number of benzene rings is 1. The molecule has 2 aliphatic rings. The number of allylic oxidation sites excluding steroid dienone is 1. The summed E-state index contributed by atoms with van der Waals surface area (Å²) in [7, 11) is 2.17. The third kappa shape index (κ3) is 4.43. The van der Waals surface area contributed by atoms with Gasteiger partial charge in [-0.15, -0.1) is 0 Å². The van der Waals surface area contributed by atoms with E-state index in [9.17, 15) is 4.79 Å². The van der Waals surface area contributed by atoms with Crippen LogP contribution < -0.4 is 5.32 Å². The zero-order valence-corrected chi connectivity index (χ0v) is 18.2. The molecule has 0 bridgehead atoms. The number of rotatable bonds is 5. The van der Waals surface area contributed by atoms with Crippen molar-refractivity contribution in [1.82, 2.24) is 15.1 Å². The van der Waals surface area contributed by atoms with Gasteiger partial charge in [0.05, 0.1) is 0 Å². The summed E-state index contributed by atoms with van der Waals surface area (Å²) >= 11 is 0. The molecule has 1 aliphatic heterocycles. The zero-order chi connectivity index (χ0) is 20.3. The molecule has 1 aliphatic carbocycles. The predicted molar refractivity (Wildman–Crippen MR) is 118 cm³/mol. The van der Waals surface area contributed by atoms with Crippen LogP contribution in [0.5, 0.6) is 0 Å². The first-order valence-electron chi connectivity index (χ1n) is 10.8. The van der Waals surface area contributed by atoms with E-state index in [1.807, 2.05) is 0 Å². The molecule has 1 N–H and O–H groups in total. The van der Waals surface area contributed by atoms with E-state index in [0.29, 0.717) is 12.0 Å². The fourth-order valence-electron chi connectivity index (χ4n) is 4.64. The van der Waals surface area contributed by atoms with Crippen molar-refractivity contribution in [2.75, 3.05) is 26.7 Å². The Morgan fingerprint density at radius 2 is 1.93 bits per heavy atom. The first-order valence-corrected chi connectivity index (χ1v) is 10.8. The monoisotopic (exact) mass is 383 g/mol. The van der Waals surface area contributed by atoms with Crippen LogP contribution in [0.4, 0.5) is 4.79 Å². The molecule has 3 rings (SSSR count). The second-order valence-electron chi connectivity index (χ2n) is 9.36. The topological polar surface area (TPSA) is 35.6 Å². The average Bonchev–Trinajstić information content (AvgIpc) is 2.67. The van der Waals surface area contributed by atoms with E-state index in [1.165, 1.54) is 11.1 Å². The van der Waals surface area contributed by atoms with Crippen LogP contribution in [0.1, 0.15) is 58.1 Å². The molecule has 1 saturated heterocycles. The molecule has 28 heavy (non-hydrogen) atoms. The lowest BCUT2D eigenvalue weighted by Crippen LogP contribution is -2.56. The fraction of sp³-hybridized carbons (Fsp3) is 0.625. The van der Waals surface area contributed by atoms with Crippen molar-refractivity contribution in [3.8, 4) is 0 Å². The molecule has 1 fully saturated rings. The lowest BCUT2D eigenvalue weighted by atomic mass is 9.70. The number of carbonyl (C=O) groups excluding carboxylic acids is 1. The summed E-state index contributed by atoms with van der Waals surface area (Å²) in [4.78, 5) is 17.8. The van der Waals surface area contributed by atoms with Crippen LogP contribution in [0.25, 0.3) is 6.08 Å². The number of hydrogen-bond acceptors (Lipinski definition) is 2. The second kappa shape index (κ2) is 8.69. The molecule has 4 nitrogen and oxygen atoms in total. The number of hydrogen-bond donors (Lipinski definition) is 1. The Labute approximate surface area is 171 Å². The summed E-state index contributed by atoms with van der Waals surface area (Å²) in [6, 6.07) is 9.08. The molecule has 154 valence electrons. The van der Waals surface area contributed by atoms with Gasteiger partial charge in [0, 0.05) is 24.0 Å². The third-order valence-electron chi connectivity index (χ3n) is 6.66. The molecule has 0 aromatic heterocycles. The standard InChI is InChI=1S/C24H37N3O/c1-18(2)17-27(21-12-15-26(5)16-13-21)23(28)25-19(3)24(4)14-8-10-20-9-6-7-11-22(20)24/h6-11,18-19,21H,12-17H2,1-5H3,(H,25,28). The molecular formula is C24H37N3O. The smallest absolute Gasteiger partial charge is 0.317 e. The van der Waals surface area contributed by atoms with E-state index in [4.69, 9.17) is 0 Å². The first-order chi connectivity index (χ1) is 13.3. The zero-order valence-electron chi connectivity index (χ0n) is 18.2. The summed E-state index contributed by atoms with van der Waals surface area (Å²) in [6.45, 7) is 11.8. The van der Waals surface area contributed by atoms with Gasteiger partial charge in [0.2, 0.25) is 0 Å². The van der Waals surface area contributed by atoms with E-state index >= 15 is 0 Å². The summed E-state index contributed by atoms with van der Waals surface area (Å²) in [5, 5.41) is 3.38. The Bertz CT molecular complexity index is 706. The molecule has 2 atom stereocenters. The van der Waals surface area contributed by atoms with Gasteiger partial charge in [-0.3, -0.25) is 0 Å². The lowest BCUT2D eigenvalue weighted by Gasteiger charge is -2.42. The third-order valence-corrected chi connectivity index (χ3v) is 6.66. The van der Waals surface area contributed by atoms with Crippen molar-refractivity contribution in [3.63, 3.8) is 0 Å². The molecule has 0 saturated carbocycles. The molecule has 0 spiro atoms. The molecule has 4 heteroatoms. The van der Waals surface area contributed by atoms with Crippen molar-refractivity contribution in [2.45, 2.75) is 64.5 Å². The molecular weight excluding hydrogens is 346 g/mol. The molecule has 0 radical (unpaired) electrons. The van der Waals surface area contributed by atoms with Crippen LogP contribution in [0, 0.1) is 5.92 Å². The number of carbonyl (C=O) groups is 1. The molecule has 1 aromatic rings. The largest absolute Gasteiger partial charge is 0.335 e. The Morgan fingerprint density at radius 3 is 2.61 bits per heavy atom. The minimum absolute atomic E-state index is 0.0621. The number of nitrogens with one attached hydrogen (secondary N) is 1. The number of piperidine rings is 1. The minimum atomic E-state index is -0.0860. The van der Waals surface area contributed by atoms with Crippen LogP contribution in [0.15, 0.2) is 30.3 Å². The lowest BCUT2D eigenvalue weighted by molar-refractivity contribution is 0.119. The van der Waals surface area contributed by atoms with Gasteiger partial charge in [0.1, 0.15) is 0 Å². The molecule has 1 aromatic carbocycles. The van der Waals surface area contributed by atoms with Gasteiger partial charge in [-0.2, -0.15) is 0 Å². The summed E-state index contributed by atoms with van der Waals surface area (Å²) < 4.78 is 0. The summed E-state index contributed by atoms with van der Waals surface area (Å²) in [5.74, 6) is 0.467. The second-order valence-corrected chi connectivity index (χ2v) is 9.36.